The molecular formula is C21H27NOSe. The summed E-state index contributed by atoms with van der Waals surface area (Å²) >= 11 is 0.402. The first-order valence-electron chi connectivity index (χ1n) is 8.87. The van der Waals surface area contributed by atoms with Crippen LogP contribution in [0.1, 0.15) is 45.2 Å². The molecule has 1 aliphatic heterocycles. The van der Waals surface area contributed by atoms with Crippen LogP contribution in [-0.2, 0) is 4.84 Å². The van der Waals surface area contributed by atoms with Crippen molar-refractivity contribution in [3.05, 3.63) is 66.2 Å². The van der Waals surface area contributed by atoms with Crippen molar-refractivity contribution in [3.8, 4) is 0 Å². The van der Waals surface area contributed by atoms with E-state index in [1.165, 1.54) is 10.0 Å². The zero-order valence-electron chi connectivity index (χ0n) is 14.8. The summed E-state index contributed by atoms with van der Waals surface area (Å²) in [6.45, 7) is 7.69. The van der Waals surface area contributed by atoms with Crippen molar-refractivity contribution in [2.45, 2.75) is 50.0 Å². The average Bonchev–Trinajstić information content (AvgIpc) is 3.07. The fourth-order valence-electron chi connectivity index (χ4n) is 3.30. The molecule has 24 heavy (non-hydrogen) atoms. The Hall–Kier alpha value is -1.12. The first-order valence-corrected chi connectivity index (χ1v) is 10.7. The fourth-order valence-corrected chi connectivity index (χ4v) is 5.80. The van der Waals surface area contributed by atoms with Crippen molar-refractivity contribution in [3.63, 3.8) is 0 Å². The third kappa shape index (κ3) is 3.60. The van der Waals surface area contributed by atoms with Crippen LogP contribution in [-0.4, -0.2) is 32.2 Å². The molecule has 2 atom stereocenters. The number of nitrogens with zero attached hydrogens (tertiary/aromatic N) is 1. The SMILES string of the molecule is CCC(C)(CC)N1OC[C@@H]([Se]c2ccccc2)[C@@H]1c1ccccc1. The summed E-state index contributed by atoms with van der Waals surface area (Å²) in [6.07, 6.45) is 2.19. The summed E-state index contributed by atoms with van der Waals surface area (Å²) in [5, 5.41) is 2.32. The summed E-state index contributed by atoms with van der Waals surface area (Å²) in [4.78, 5) is 6.84. The summed E-state index contributed by atoms with van der Waals surface area (Å²) < 4.78 is 1.45. The standard InChI is InChI=1S/C21H27NOSe/c1-4-21(3,5-2)22-20(17-12-8-6-9-13-17)19(16-23-22)24-18-14-10-7-11-15-18/h6-15,19-20H,4-5,16H2,1-3H3/t19-,20+/m1/s1. The predicted molar refractivity (Wildman–Crippen MR) is 102 cm³/mol. The van der Waals surface area contributed by atoms with E-state index in [9.17, 15) is 0 Å². The zero-order chi connectivity index (χ0) is 17.0. The molecule has 3 heteroatoms. The molecule has 0 spiro atoms. The van der Waals surface area contributed by atoms with Crippen LogP contribution in [0.4, 0.5) is 0 Å². The molecule has 0 amide bonds. The van der Waals surface area contributed by atoms with Gasteiger partial charge in [0.05, 0.1) is 0 Å². The van der Waals surface area contributed by atoms with Crippen LogP contribution in [0.2, 0.25) is 4.82 Å². The quantitative estimate of drug-likeness (QED) is 0.682. The molecule has 0 bridgehead atoms. The molecule has 0 N–H and O–H groups in total. The molecule has 0 unspecified atom stereocenters. The monoisotopic (exact) mass is 389 g/mol. The minimum absolute atomic E-state index is 0.0853. The molecule has 1 fully saturated rings. The van der Waals surface area contributed by atoms with Crippen molar-refractivity contribution in [2.75, 3.05) is 6.61 Å². The van der Waals surface area contributed by atoms with E-state index in [1.54, 1.807) is 0 Å². The zero-order valence-corrected chi connectivity index (χ0v) is 16.5. The molecule has 1 aliphatic rings. The molecular weight excluding hydrogens is 361 g/mol. The van der Waals surface area contributed by atoms with Gasteiger partial charge >= 0.3 is 152 Å². The predicted octanol–water partition coefficient (Wildman–Crippen LogP) is 4.37. The molecule has 2 aromatic rings. The van der Waals surface area contributed by atoms with Crippen LogP contribution in [0, 0.1) is 0 Å². The second-order valence-electron chi connectivity index (χ2n) is 6.65. The van der Waals surface area contributed by atoms with Gasteiger partial charge in [-0.25, -0.2) is 0 Å². The Morgan fingerprint density at radius 1 is 1.00 bits per heavy atom. The van der Waals surface area contributed by atoms with E-state index in [4.69, 9.17) is 4.84 Å². The Balaban J connectivity index is 1.92. The molecule has 2 aromatic carbocycles. The van der Waals surface area contributed by atoms with Crippen LogP contribution >= 0.6 is 0 Å². The van der Waals surface area contributed by atoms with Gasteiger partial charge in [-0.15, -0.1) is 0 Å². The Labute approximate surface area is 152 Å². The van der Waals surface area contributed by atoms with Crippen molar-refractivity contribution < 1.29 is 4.84 Å². The Morgan fingerprint density at radius 3 is 2.17 bits per heavy atom. The van der Waals surface area contributed by atoms with Gasteiger partial charge in [0, 0.05) is 0 Å². The number of hydrogen-bond acceptors (Lipinski definition) is 2. The molecule has 3 rings (SSSR count). The number of hydrogen-bond donors (Lipinski definition) is 0. The van der Waals surface area contributed by atoms with Crippen LogP contribution in [0.3, 0.4) is 0 Å². The van der Waals surface area contributed by atoms with E-state index < -0.39 is 0 Å². The second-order valence-corrected chi connectivity index (χ2v) is 9.40. The Kier molecular flexibility index (Phi) is 5.78. The van der Waals surface area contributed by atoms with Gasteiger partial charge in [0.1, 0.15) is 0 Å². The molecule has 1 heterocycles. The van der Waals surface area contributed by atoms with E-state index >= 15 is 0 Å². The Morgan fingerprint density at radius 2 is 1.58 bits per heavy atom. The molecule has 0 aromatic heterocycles. The summed E-state index contributed by atoms with van der Waals surface area (Å²) in [5.41, 5.74) is 1.47. The molecule has 128 valence electrons. The van der Waals surface area contributed by atoms with E-state index in [1.807, 2.05) is 0 Å². The van der Waals surface area contributed by atoms with Crippen LogP contribution < -0.4 is 4.46 Å². The van der Waals surface area contributed by atoms with E-state index in [2.05, 4.69) is 86.5 Å². The van der Waals surface area contributed by atoms with Crippen LogP contribution in [0.5, 0.6) is 0 Å². The van der Waals surface area contributed by atoms with Gasteiger partial charge < -0.3 is 0 Å². The van der Waals surface area contributed by atoms with Crippen LogP contribution in [0.15, 0.2) is 60.7 Å². The van der Waals surface area contributed by atoms with Crippen molar-refractivity contribution in [1.82, 2.24) is 5.06 Å². The number of benzene rings is 2. The van der Waals surface area contributed by atoms with Gasteiger partial charge in [0.2, 0.25) is 0 Å². The van der Waals surface area contributed by atoms with E-state index in [-0.39, 0.29) is 5.54 Å². The fraction of sp³-hybridized carbons (Fsp3) is 0.429. The number of rotatable bonds is 6. The van der Waals surface area contributed by atoms with Crippen LogP contribution in [0.25, 0.3) is 0 Å². The molecule has 1 saturated heterocycles. The summed E-state index contributed by atoms with van der Waals surface area (Å²) in [5.74, 6) is 0. The van der Waals surface area contributed by atoms with Gasteiger partial charge in [-0.2, -0.15) is 0 Å². The third-order valence-electron chi connectivity index (χ3n) is 5.21. The molecule has 0 radical (unpaired) electrons. The average molecular weight is 388 g/mol. The van der Waals surface area contributed by atoms with E-state index in [0.29, 0.717) is 25.8 Å². The first kappa shape index (κ1) is 17.7. The summed E-state index contributed by atoms with van der Waals surface area (Å²) in [6, 6.07) is 22.1. The number of hydroxylamine groups is 2. The maximum atomic E-state index is 6.30. The minimum atomic E-state index is 0.0853. The molecule has 0 saturated carbocycles. The van der Waals surface area contributed by atoms with Gasteiger partial charge in [0.25, 0.3) is 0 Å². The topological polar surface area (TPSA) is 12.5 Å². The summed E-state index contributed by atoms with van der Waals surface area (Å²) in [7, 11) is 0. The van der Waals surface area contributed by atoms with Gasteiger partial charge in [-0.3, -0.25) is 0 Å². The van der Waals surface area contributed by atoms with E-state index in [0.717, 1.165) is 19.4 Å². The molecule has 0 aliphatic carbocycles. The van der Waals surface area contributed by atoms with Crippen molar-refractivity contribution in [1.29, 1.82) is 0 Å². The molecule has 2 nitrogen and oxygen atoms in total. The second kappa shape index (κ2) is 7.84. The van der Waals surface area contributed by atoms with Crippen molar-refractivity contribution in [2.24, 2.45) is 0 Å². The van der Waals surface area contributed by atoms with Gasteiger partial charge in [0.15, 0.2) is 0 Å². The Bertz CT molecular complexity index is 627. The maximum absolute atomic E-state index is 6.30. The van der Waals surface area contributed by atoms with Gasteiger partial charge in [-0.05, 0) is 0 Å². The third-order valence-corrected chi connectivity index (χ3v) is 7.81. The first-order chi connectivity index (χ1) is 11.7. The van der Waals surface area contributed by atoms with Gasteiger partial charge in [-0.1, -0.05) is 0 Å². The normalized spacial score (nSPS) is 22.0. The van der Waals surface area contributed by atoms with Crippen molar-refractivity contribution >= 4 is 19.4 Å².